The lowest BCUT2D eigenvalue weighted by molar-refractivity contribution is 0.0606. The summed E-state index contributed by atoms with van der Waals surface area (Å²) in [6.45, 7) is 0. The lowest BCUT2D eigenvalue weighted by Crippen LogP contribution is -2.13. The van der Waals surface area contributed by atoms with Gasteiger partial charge < -0.3 is 9.15 Å². The van der Waals surface area contributed by atoms with Crippen LogP contribution in [-0.2, 0) is 4.74 Å². The number of aromatic nitrogens is 3. The first-order chi connectivity index (χ1) is 14.0. The summed E-state index contributed by atoms with van der Waals surface area (Å²) in [7, 11) is 1.28. The largest absolute Gasteiger partial charge is 0.465 e. The van der Waals surface area contributed by atoms with Crippen molar-refractivity contribution in [3.05, 3.63) is 70.5 Å². The molecule has 1 N–H and O–H groups in total. The molecule has 0 radical (unpaired) electrons. The van der Waals surface area contributed by atoms with Crippen LogP contribution in [-0.4, -0.2) is 33.8 Å². The number of nitrogens with zero attached hydrogens (tertiary/aromatic N) is 3. The van der Waals surface area contributed by atoms with Crippen LogP contribution in [0.1, 0.15) is 20.2 Å². The zero-order valence-corrected chi connectivity index (χ0v) is 16.5. The van der Waals surface area contributed by atoms with Crippen molar-refractivity contribution >= 4 is 39.9 Å². The van der Waals surface area contributed by atoms with Gasteiger partial charge in [-0.25, -0.2) is 14.5 Å². The first-order valence-corrected chi connectivity index (χ1v) is 9.50. The fraction of sp³-hybridized carbons (Fsp3) is 0.0526. The molecule has 0 fully saturated rings. The molecule has 0 unspecified atom stereocenters. The third kappa shape index (κ3) is 3.91. The van der Waals surface area contributed by atoms with Gasteiger partial charge in [-0.3, -0.25) is 10.1 Å². The molecule has 3 heterocycles. The summed E-state index contributed by atoms with van der Waals surface area (Å²) in [5, 5.41) is 7.89. The van der Waals surface area contributed by atoms with Gasteiger partial charge in [0.25, 0.3) is 5.91 Å². The smallest absolute Gasteiger partial charge is 0.349 e. The lowest BCUT2D eigenvalue weighted by atomic mass is 10.2. The molecular formula is C19H13ClN4O4S. The standard InChI is InChI=1S/C19H13ClN4O4S/c1-27-18(26)16-10-21-19(29-16)22-17(25)13-9-14(15-3-2-8-28-15)24(23-13)12-6-4-11(20)5-7-12/h2-10H,1H3,(H,21,22,25). The first-order valence-electron chi connectivity index (χ1n) is 8.30. The second-order valence-corrected chi connectivity index (χ2v) is 7.22. The molecule has 1 amide bonds. The summed E-state index contributed by atoms with van der Waals surface area (Å²) in [6, 6.07) is 12.2. The number of thiazole rings is 1. The highest BCUT2D eigenvalue weighted by atomic mass is 35.5. The number of anilines is 1. The second kappa shape index (κ2) is 7.90. The maximum absolute atomic E-state index is 12.7. The topological polar surface area (TPSA) is 99.2 Å². The highest BCUT2D eigenvalue weighted by molar-refractivity contribution is 7.17. The van der Waals surface area contributed by atoms with Gasteiger partial charge >= 0.3 is 5.97 Å². The highest BCUT2D eigenvalue weighted by Gasteiger charge is 2.20. The minimum absolute atomic E-state index is 0.154. The van der Waals surface area contributed by atoms with E-state index in [2.05, 4.69) is 20.1 Å². The summed E-state index contributed by atoms with van der Waals surface area (Å²) in [4.78, 5) is 28.5. The van der Waals surface area contributed by atoms with E-state index < -0.39 is 11.9 Å². The summed E-state index contributed by atoms with van der Waals surface area (Å²) in [5.74, 6) is -0.444. The molecular weight excluding hydrogens is 416 g/mol. The Balaban J connectivity index is 1.66. The van der Waals surface area contributed by atoms with Crippen LogP contribution in [0.15, 0.2) is 59.3 Å². The Kier molecular flexibility index (Phi) is 5.15. The Morgan fingerprint density at radius 3 is 2.72 bits per heavy atom. The van der Waals surface area contributed by atoms with Gasteiger partial charge in [0.1, 0.15) is 10.6 Å². The molecule has 10 heteroatoms. The van der Waals surface area contributed by atoms with Gasteiger partial charge in [0.2, 0.25) is 0 Å². The molecule has 3 aromatic heterocycles. The van der Waals surface area contributed by atoms with E-state index in [1.807, 2.05) is 0 Å². The molecule has 1 aromatic carbocycles. The highest BCUT2D eigenvalue weighted by Crippen LogP contribution is 2.26. The number of rotatable bonds is 5. The van der Waals surface area contributed by atoms with E-state index in [0.29, 0.717) is 22.2 Å². The predicted molar refractivity (Wildman–Crippen MR) is 108 cm³/mol. The SMILES string of the molecule is COC(=O)c1cnc(NC(=O)c2cc(-c3ccco3)n(-c3ccc(Cl)cc3)n2)s1. The molecule has 0 bridgehead atoms. The lowest BCUT2D eigenvalue weighted by Gasteiger charge is -2.05. The molecule has 0 aliphatic rings. The van der Waals surface area contributed by atoms with Crippen LogP contribution in [0.3, 0.4) is 0 Å². The number of esters is 1. The molecule has 0 saturated heterocycles. The van der Waals surface area contributed by atoms with Crippen molar-refractivity contribution in [3.8, 4) is 17.1 Å². The number of methoxy groups -OCH3 is 1. The summed E-state index contributed by atoms with van der Waals surface area (Å²) in [6.07, 6.45) is 2.88. The Morgan fingerprint density at radius 1 is 1.24 bits per heavy atom. The zero-order chi connectivity index (χ0) is 20.4. The maximum Gasteiger partial charge on any atom is 0.349 e. The maximum atomic E-state index is 12.7. The number of ether oxygens (including phenoxy) is 1. The van der Waals surface area contributed by atoms with Crippen LogP contribution in [0.25, 0.3) is 17.1 Å². The normalized spacial score (nSPS) is 10.7. The number of hydrogen-bond acceptors (Lipinski definition) is 7. The number of nitrogens with one attached hydrogen (secondary N) is 1. The molecule has 0 saturated carbocycles. The second-order valence-electron chi connectivity index (χ2n) is 5.76. The van der Waals surface area contributed by atoms with Crippen LogP contribution in [0.5, 0.6) is 0 Å². The molecule has 0 spiro atoms. The fourth-order valence-electron chi connectivity index (χ4n) is 2.56. The number of carbonyl (C=O) groups excluding carboxylic acids is 2. The van der Waals surface area contributed by atoms with E-state index in [4.69, 9.17) is 16.0 Å². The average molecular weight is 429 g/mol. The Hall–Kier alpha value is -3.43. The van der Waals surface area contributed by atoms with Crippen LogP contribution >= 0.6 is 22.9 Å². The average Bonchev–Trinajstić information content (AvgIpc) is 3.47. The van der Waals surface area contributed by atoms with E-state index in [0.717, 1.165) is 11.3 Å². The Bertz CT molecular complexity index is 1170. The van der Waals surface area contributed by atoms with Crippen LogP contribution in [0, 0.1) is 0 Å². The van der Waals surface area contributed by atoms with Gasteiger partial charge in [-0.15, -0.1) is 0 Å². The van der Waals surface area contributed by atoms with Crippen molar-refractivity contribution in [2.45, 2.75) is 0 Å². The van der Waals surface area contributed by atoms with Crippen molar-refractivity contribution in [2.24, 2.45) is 0 Å². The Morgan fingerprint density at radius 2 is 2.03 bits per heavy atom. The van der Waals surface area contributed by atoms with Crippen molar-refractivity contribution in [3.63, 3.8) is 0 Å². The fourth-order valence-corrected chi connectivity index (χ4v) is 3.41. The van der Waals surface area contributed by atoms with Gasteiger partial charge in [0, 0.05) is 11.1 Å². The van der Waals surface area contributed by atoms with Crippen molar-refractivity contribution in [2.75, 3.05) is 12.4 Å². The molecule has 29 heavy (non-hydrogen) atoms. The zero-order valence-electron chi connectivity index (χ0n) is 15.0. The van der Waals surface area contributed by atoms with E-state index in [1.165, 1.54) is 19.6 Å². The van der Waals surface area contributed by atoms with Gasteiger partial charge in [-0.2, -0.15) is 5.10 Å². The molecule has 4 aromatic rings. The monoisotopic (exact) mass is 428 g/mol. The molecule has 0 aliphatic carbocycles. The molecule has 0 atom stereocenters. The van der Waals surface area contributed by atoms with Crippen molar-refractivity contribution < 1.29 is 18.7 Å². The number of halogens is 1. The van der Waals surface area contributed by atoms with Crippen LogP contribution in [0.4, 0.5) is 5.13 Å². The van der Waals surface area contributed by atoms with E-state index in [1.54, 1.807) is 47.1 Å². The summed E-state index contributed by atoms with van der Waals surface area (Å²) >= 11 is 6.98. The quantitative estimate of drug-likeness (QED) is 0.476. The molecule has 0 aliphatic heterocycles. The number of furan rings is 1. The summed E-state index contributed by atoms with van der Waals surface area (Å²) in [5.41, 5.74) is 1.46. The van der Waals surface area contributed by atoms with E-state index >= 15 is 0 Å². The molecule has 8 nitrogen and oxygen atoms in total. The van der Waals surface area contributed by atoms with Gasteiger partial charge in [-0.05, 0) is 36.4 Å². The number of amides is 1. The number of carbonyl (C=O) groups is 2. The van der Waals surface area contributed by atoms with Crippen molar-refractivity contribution in [1.82, 2.24) is 14.8 Å². The summed E-state index contributed by atoms with van der Waals surface area (Å²) < 4.78 is 11.7. The number of hydrogen-bond donors (Lipinski definition) is 1. The third-order valence-electron chi connectivity index (χ3n) is 3.90. The van der Waals surface area contributed by atoms with Gasteiger partial charge in [0.15, 0.2) is 16.6 Å². The van der Waals surface area contributed by atoms with Gasteiger partial charge in [0.05, 0.1) is 25.3 Å². The third-order valence-corrected chi connectivity index (χ3v) is 5.04. The van der Waals surface area contributed by atoms with Crippen LogP contribution in [0.2, 0.25) is 5.02 Å². The molecule has 4 rings (SSSR count). The van der Waals surface area contributed by atoms with E-state index in [-0.39, 0.29) is 15.7 Å². The number of benzene rings is 1. The Labute approximate surface area is 173 Å². The minimum atomic E-state index is -0.518. The minimum Gasteiger partial charge on any atom is -0.465 e. The van der Waals surface area contributed by atoms with Crippen molar-refractivity contribution in [1.29, 1.82) is 0 Å². The van der Waals surface area contributed by atoms with E-state index in [9.17, 15) is 9.59 Å². The predicted octanol–water partition coefficient (Wildman–Crippen LogP) is 4.28. The first kappa shape index (κ1) is 18.9. The van der Waals surface area contributed by atoms with Crippen LogP contribution < -0.4 is 5.32 Å². The molecule has 146 valence electrons. The van der Waals surface area contributed by atoms with Gasteiger partial charge in [-0.1, -0.05) is 22.9 Å².